The molecule has 1 amide bonds. The minimum atomic E-state index is -0.0496. The number of carbonyl (C=O) groups is 1. The van der Waals surface area contributed by atoms with Crippen molar-refractivity contribution in [1.29, 1.82) is 0 Å². The minimum Gasteiger partial charge on any atom is -0.399 e. The monoisotopic (exact) mass is 261 g/mol. The van der Waals surface area contributed by atoms with Crippen molar-refractivity contribution in [2.45, 2.75) is 38.8 Å². The first kappa shape index (κ1) is 13.9. The second-order valence-electron chi connectivity index (χ2n) is 5.59. The van der Waals surface area contributed by atoms with Crippen molar-refractivity contribution in [3.05, 3.63) is 29.3 Å². The molecule has 1 unspecified atom stereocenters. The van der Waals surface area contributed by atoms with E-state index in [1.54, 1.807) is 6.07 Å². The lowest BCUT2D eigenvalue weighted by Crippen LogP contribution is -2.41. The normalized spacial score (nSPS) is 16.4. The summed E-state index contributed by atoms with van der Waals surface area (Å²) < 4.78 is 0. The van der Waals surface area contributed by atoms with Gasteiger partial charge in [0.15, 0.2) is 0 Å². The van der Waals surface area contributed by atoms with Gasteiger partial charge in [0.25, 0.3) is 5.91 Å². The Balaban J connectivity index is 1.89. The number of amides is 1. The summed E-state index contributed by atoms with van der Waals surface area (Å²) in [6, 6.07) is 6.51. The predicted molar refractivity (Wildman–Crippen MR) is 78.2 cm³/mol. The fourth-order valence-corrected chi connectivity index (χ4v) is 2.27. The van der Waals surface area contributed by atoms with E-state index >= 15 is 0 Å². The predicted octanol–water partition coefficient (Wildman–Crippen LogP) is 1.79. The summed E-state index contributed by atoms with van der Waals surface area (Å²) in [5.74, 6) is -0.0496. The van der Waals surface area contributed by atoms with Gasteiger partial charge >= 0.3 is 0 Å². The first-order valence-electron chi connectivity index (χ1n) is 6.84. The molecule has 0 spiro atoms. The van der Waals surface area contributed by atoms with Crippen LogP contribution in [0.4, 0.5) is 5.69 Å². The molecule has 0 radical (unpaired) electrons. The molecule has 0 aromatic heterocycles. The summed E-state index contributed by atoms with van der Waals surface area (Å²) in [6.07, 6.45) is 2.56. The summed E-state index contributed by atoms with van der Waals surface area (Å²) >= 11 is 0. The molecule has 19 heavy (non-hydrogen) atoms. The number of carbonyl (C=O) groups excluding carboxylic acids is 1. The second kappa shape index (κ2) is 5.61. The Bertz CT molecular complexity index is 448. The highest BCUT2D eigenvalue weighted by Gasteiger charge is 2.29. The number of aryl methyl sites for hydroxylation is 1. The van der Waals surface area contributed by atoms with Gasteiger partial charge in [-0.3, -0.25) is 9.69 Å². The number of rotatable bonds is 5. The van der Waals surface area contributed by atoms with Crippen molar-refractivity contribution in [3.63, 3.8) is 0 Å². The zero-order valence-corrected chi connectivity index (χ0v) is 11.9. The molecule has 0 heterocycles. The number of nitrogens with zero attached hydrogens (tertiary/aromatic N) is 1. The van der Waals surface area contributed by atoms with Gasteiger partial charge < -0.3 is 11.1 Å². The summed E-state index contributed by atoms with van der Waals surface area (Å²) in [5.41, 5.74) is 8.04. The Morgan fingerprint density at radius 2 is 2.16 bits per heavy atom. The van der Waals surface area contributed by atoms with E-state index in [1.165, 1.54) is 12.8 Å². The number of nitrogens with two attached hydrogens (primary N) is 1. The standard InChI is InChI=1S/C15H23N3O/c1-10-6-12(8-13(16)7-10)15(19)17-9-11(2)18(3)14-4-5-14/h6-8,11,14H,4-5,9,16H2,1-3H3,(H,17,19). The Hall–Kier alpha value is -1.55. The molecule has 4 heteroatoms. The van der Waals surface area contributed by atoms with E-state index in [-0.39, 0.29) is 5.91 Å². The second-order valence-corrected chi connectivity index (χ2v) is 5.59. The SMILES string of the molecule is Cc1cc(N)cc(C(=O)NCC(C)N(C)C2CC2)c1. The van der Waals surface area contributed by atoms with Gasteiger partial charge in [-0.1, -0.05) is 0 Å². The molecule has 0 bridgehead atoms. The molecular formula is C15H23N3O. The Morgan fingerprint density at radius 3 is 2.74 bits per heavy atom. The van der Waals surface area contributed by atoms with Gasteiger partial charge in [-0.2, -0.15) is 0 Å². The van der Waals surface area contributed by atoms with Crippen LogP contribution in [0.25, 0.3) is 0 Å². The summed E-state index contributed by atoms with van der Waals surface area (Å²) in [5, 5.41) is 2.98. The van der Waals surface area contributed by atoms with Crippen LogP contribution in [0.5, 0.6) is 0 Å². The van der Waals surface area contributed by atoms with E-state index in [0.717, 1.165) is 5.56 Å². The average molecular weight is 261 g/mol. The lowest BCUT2D eigenvalue weighted by Gasteiger charge is -2.24. The van der Waals surface area contributed by atoms with Crippen LogP contribution in [0.1, 0.15) is 35.7 Å². The third-order valence-electron chi connectivity index (χ3n) is 3.74. The zero-order valence-electron chi connectivity index (χ0n) is 11.9. The lowest BCUT2D eigenvalue weighted by atomic mass is 10.1. The summed E-state index contributed by atoms with van der Waals surface area (Å²) in [6.45, 7) is 4.75. The number of hydrogen-bond acceptors (Lipinski definition) is 3. The van der Waals surface area contributed by atoms with Gasteiger partial charge in [0.05, 0.1) is 0 Å². The zero-order chi connectivity index (χ0) is 14.0. The van der Waals surface area contributed by atoms with E-state index in [4.69, 9.17) is 5.73 Å². The van der Waals surface area contributed by atoms with Crippen LogP contribution in [-0.4, -0.2) is 36.5 Å². The Kier molecular flexibility index (Phi) is 4.10. The van der Waals surface area contributed by atoms with Gasteiger partial charge in [0.2, 0.25) is 0 Å². The largest absolute Gasteiger partial charge is 0.399 e. The molecule has 1 aromatic carbocycles. The first-order valence-corrected chi connectivity index (χ1v) is 6.84. The Morgan fingerprint density at radius 1 is 1.47 bits per heavy atom. The summed E-state index contributed by atoms with van der Waals surface area (Å²) in [7, 11) is 2.12. The van der Waals surface area contributed by atoms with Crippen molar-refractivity contribution < 1.29 is 4.79 Å². The number of nitrogens with one attached hydrogen (secondary N) is 1. The maximum absolute atomic E-state index is 12.1. The molecule has 1 aliphatic carbocycles. The first-order chi connectivity index (χ1) is 8.97. The summed E-state index contributed by atoms with van der Waals surface area (Å²) in [4.78, 5) is 14.4. The van der Waals surface area contributed by atoms with Crippen molar-refractivity contribution in [2.24, 2.45) is 0 Å². The fourth-order valence-electron chi connectivity index (χ4n) is 2.27. The highest BCUT2D eigenvalue weighted by Crippen LogP contribution is 2.26. The lowest BCUT2D eigenvalue weighted by molar-refractivity contribution is 0.0939. The maximum Gasteiger partial charge on any atom is 0.251 e. The van der Waals surface area contributed by atoms with Gasteiger partial charge in [-0.15, -0.1) is 0 Å². The van der Waals surface area contributed by atoms with E-state index < -0.39 is 0 Å². The van der Waals surface area contributed by atoms with Crippen LogP contribution in [-0.2, 0) is 0 Å². The van der Waals surface area contributed by atoms with Crippen molar-refractivity contribution >= 4 is 11.6 Å². The van der Waals surface area contributed by atoms with E-state index in [9.17, 15) is 4.79 Å². The quantitative estimate of drug-likeness (QED) is 0.794. The van der Waals surface area contributed by atoms with Crippen LogP contribution in [0, 0.1) is 6.92 Å². The van der Waals surface area contributed by atoms with Crippen LogP contribution in [0.2, 0.25) is 0 Å². The molecule has 4 nitrogen and oxygen atoms in total. The van der Waals surface area contributed by atoms with Gasteiger partial charge in [0.1, 0.15) is 0 Å². The topological polar surface area (TPSA) is 58.4 Å². The van der Waals surface area contributed by atoms with Crippen LogP contribution < -0.4 is 11.1 Å². The maximum atomic E-state index is 12.1. The van der Waals surface area contributed by atoms with Crippen molar-refractivity contribution in [2.75, 3.05) is 19.3 Å². The smallest absolute Gasteiger partial charge is 0.251 e. The molecule has 1 aromatic rings. The van der Waals surface area contributed by atoms with Gasteiger partial charge in [-0.05, 0) is 57.5 Å². The fraction of sp³-hybridized carbons (Fsp3) is 0.533. The molecular weight excluding hydrogens is 238 g/mol. The molecule has 2 rings (SSSR count). The number of benzene rings is 1. The molecule has 1 atom stereocenters. The number of likely N-dealkylation sites (N-methyl/N-ethyl adjacent to an activating group) is 1. The third-order valence-corrected chi connectivity index (χ3v) is 3.74. The number of nitrogen functional groups attached to an aromatic ring is 1. The average Bonchev–Trinajstić information content (AvgIpc) is 3.17. The molecule has 3 N–H and O–H groups in total. The van der Waals surface area contributed by atoms with E-state index in [1.807, 2.05) is 19.1 Å². The number of hydrogen-bond donors (Lipinski definition) is 2. The molecule has 0 aliphatic heterocycles. The van der Waals surface area contributed by atoms with Crippen LogP contribution >= 0.6 is 0 Å². The van der Waals surface area contributed by atoms with Crippen molar-refractivity contribution in [1.82, 2.24) is 10.2 Å². The third kappa shape index (κ3) is 3.70. The van der Waals surface area contributed by atoms with Crippen molar-refractivity contribution in [3.8, 4) is 0 Å². The molecule has 1 aliphatic rings. The van der Waals surface area contributed by atoms with Gasteiger partial charge in [0, 0.05) is 29.9 Å². The molecule has 104 valence electrons. The Labute approximate surface area is 115 Å². The highest BCUT2D eigenvalue weighted by atomic mass is 16.1. The molecule has 0 saturated heterocycles. The van der Waals surface area contributed by atoms with Crippen LogP contribution in [0.15, 0.2) is 18.2 Å². The molecule has 1 saturated carbocycles. The number of anilines is 1. The van der Waals surface area contributed by atoms with Gasteiger partial charge in [-0.25, -0.2) is 0 Å². The highest BCUT2D eigenvalue weighted by molar-refractivity contribution is 5.95. The van der Waals surface area contributed by atoms with E-state index in [2.05, 4.69) is 24.2 Å². The van der Waals surface area contributed by atoms with E-state index in [0.29, 0.717) is 29.9 Å². The minimum absolute atomic E-state index is 0.0496. The molecule has 1 fully saturated rings. The van der Waals surface area contributed by atoms with Crippen LogP contribution in [0.3, 0.4) is 0 Å².